The van der Waals surface area contributed by atoms with E-state index in [1.165, 1.54) is 11.1 Å². The van der Waals surface area contributed by atoms with Crippen molar-refractivity contribution in [3.63, 3.8) is 0 Å². The summed E-state index contributed by atoms with van der Waals surface area (Å²) in [5.41, 5.74) is 8.53. The zero-order chi connectivity index (χ0) is 11.1. The molecule has 0 atom stereocenters. The Hall–Kier alpha value is -0.860. The van der Waals surface area contributed by atoms with Crippen LogP contribution in [0.5, 0.6) is 0 Å². The molecule has 1 fully saturated rings. The second-order valence-corrected chi connectivity index (χ2v) is 4.96. The molecule has 1 aliphatic carbocycles. The van der Waals surface area contributed by atoms with Gasteiger partial charge in [-0.05, 0) is 29.9 Å². The standard InChI is InChI=1S/C13H19NO/c1-9(2)11-5-3-4-6-12(11)13(14)7-10(15)8-13/h3-6,9-10,15H,7-8,14H2,1-2H3. The maximum atomic E-state index is 9.39. The number of aliphatic hydroxyl groups excluding tert-OH is 1. The van der Waals surface area contributed by atoms with E-state index >= 15 is 0 Å². The molecule has 3 N–H and O–H groups in total. The van der Waals surface area contributed by atoms with Crippen molar-refractivity contribution in [3.8, 4) is 0 Å². The van der Waals surface area contributed by atoms with Crippen molar-refractivity contribution in [2.75, 3.05) is 0 Å². The fourth-order valence-electron chi connectivity index (χ4n) is 2.45. The van der Waals surface area contributed by atoms with Gasteiger partial charge in [-0.2, -0.15) is 0 Å². The van der Waals surface area contributed by atoms with E-state index in [1.807, 2.05) is 6.07 Å². The predicted octanol–water partition coefficient (Wildman–Crippen LogP) is 2.12. The lowest BCUT2D eigenvalue weighted by atomic mass is 9.68. The molecule has 0 saturated heterocycles. The van der Waals surface area contributed by atoms with Gasteiger partial charge in [0.2, 0.25) is 0 Å². The van der Waals surface area contributed by atoms with E-state index in [2.05, 4.69) is 32.0 Å². The fourth-order valence-corrected chi connectivity index (χ4v) is 2.45. The van der Waals surface area contributed by atoms with Crippen LogP contribution in [0.25, 0.3) is 0 Å². The van der Waals surface area contributed by atoms with Crippen molar-refractivity contribution in [2.45, 2.75) is 44.2 Å². The Morgan fingerprint density at radius 1 is 1.33 bits per heavy atom. The van der Waals surface area contributed by atoms with Gasteiger partial charge in [-0.1, -0.05) is 38.1 Å². The summed E-state index contributed by atoms with van der Waals surface area (Å²) >= 11 is 0. The van der Waals surface area contributed by atoms with Gasteiger partial charge in [0.05, 0.1) is 6.10 Å². The van der Waals surface area contributed by atoms with Crippen LogP contribution in [-0.4, -0.2) is 11.2 Å². The minimum atomic E-state index is -0.291. The predicted molar refractivity (Wildman–Crippen MR) is 61.6 cm³/mol. The van der Waals surface area contributed by atoms with Gasteiger partial charge < -0.3 is 10.8 Å². The molecular weight excluding hydrogens is 186 g/mol. The molecule has 0 bridgehead atoms. The number of aliphatic hydroxyl groups is 1. The average Bonchev–Trinajstić information content (AvgIpc) is 2.15. The topological polar surface area (TPSA) is 46.2 Å². The van der Waals surface area contributed by atoms with Crippen molar-refractivity contribution >= 4 is 0 Å². The van der Waals surface area contributed by atoms with Crippen molar-refractivity contribution in [1.29, 1.82) is 0 Å². The molecule has 0 radical (unpaired) electrons. The molecule has 2 heteroatoms. The second kappa shape index (κ2) is 3.62. The normalized spacial score (nSPS) is 30.3. The van der Waals surface area contributed by atoms with Crippen LogP contribution in [0.3, 0.4) is 0 Å². The van der Waals surface area contributed by atoms with Crippen LogP contribution in [0.2, 0.25) is 0 Å². The first-order chi connectivity index (χ1) is 7.03. The molecule has 82 valence electrons. The smallest absolute Gasteiger partial charge is 0.0582 e. The first kappa shape index (κ1) is 10.7. The molecule has 2 rings (SSSR count). The Balaban J connectivity index is 2.36. The van der Waals surface area contributed by atoms with Gasteiger partial charge in [0.1, 0.15) is 0 Å². The van der Waals surface area contributed by atoms with Gasteiger partial charge in [0.15, 0.2) is 0 Å². The van der Waals surface area contributed by atoms with Gasteiger partial charge in [0, 0.05) is 5.54 Å². The first-order valence-corrected chi connectivity index (χ1v) is 5.59. The minimum absolute atomic E-state index is 0.213. The number of benzene rings is 1. The highest BCUT2D eigenvalue weighted by Gasteiger charge is 2.42. The molecule has 1 aromatic carbocycles. The third-order valence-corrected chi connectivity index (χ3v) is 3.32. The zero-order valence-electron chi connectivity index (χ0n) is 9.40. The summed E-state index contributed by atoms with van der Waals surface area (Å²) in [4.78, 5) is 0. The number of hydrogen-bond acceptors (Lipinski definition) is 2. The average molecular weight is 205 g/mol. The minimum Gasteiger partial charge on any atom is -0.393 e. The molecule has 0 heterocycles. The summed E-state index contributed by atoms with van der Waals surface area (Å²) in [5.74, 6) is 0.486. The third kappa shape index (κ3) is 1.80. The molecule has 2 nitrogen and oxygen atoms in total. The van der Waals surface area contributed by atoms with Crippen LogP contribution >= 0.6 is 0 Å². The van der Waals surface area contributed by atoms with Crippen LogP contribution in [0.4, 0.5) is 0 Å². The van der Waals surface area contributed by atoms with E-state index in [9.17, 15) is 5.11 Å². The van der Waals surface area contributed by atoms with Gasteiger partial charge in [-0.3, -0.25) is 0 Å². The third-order valence-electron chi connectivity index (χ3n) is 3.32. The maximum absolute atomic E-state index is 9.39. The Labute approximate surface area is 91.1 Å². The molecule has 1 aliphatic rings. The summed E-state index contributed by atoms with van der Waals surface area (Å²) in [5, 5.41) is 9.39. The van der Waals surface area contributed by atoms with Crippen LogP contribution < -0.4 is 5.73 Å². The van der Waals surface area contributed by atoms with E-state index in [-0.39, 0.29) is 11.6 Å². The Bertz CT molecular complexity index is 353. The van der Waals surface area contributed by atoms with Gasteiger partial charge in [0.25, 0.3) is 0 Å². The van der Waals surface area contributed by atoms with Crippen molar-refractivity contribution < 1.29 is 5.11 Å². The van der Waals surface area contributed by atoms with E-state index in [0.29, 0.717) is 18.8 Å². The Morgan fingerprint density at radius 3 is 2.47 bits per heavy atom. The molecule has 1 aromatic rings. The molecular formula is C13H19NO. The number of hydrogen-bond donors (Lipinski definition) is 2. The highest BCUT2D eigenvalue weighted by atomic mass is 16.3. The van der Waals surface area contributed by atoms with E-state index in [4.69, 9.17) is 5.73 Å². The fraction of sp³-hybridized carbons (Fsp3) is 0.538. The molecule has 1 saturated carbocycles. The molecule has 0 aromatic heterocycles. The molecule has 0 amide bonds. The van der Waals surface area contributed by atoms with Crippen LogP contribution in [0.1, 0.15) is 43.7 Å². The summed E-state index contributed by atoms with van der Waals surface area (Å²) in [6, 6.07) is 8.32. The van der Waals surface area contributed by atoms with Gasteiger partial charge in [-0.25, -0.2) is 0 Å². The quantitative estimate of drug-likeness (QED) is 0.777. The Morgan fingerprint density at radius 2 is 1.93 bits per heavy atom. The van der Waals surface area contributed by atoms with Crippen LogP contribution in [0, 0.1) is 0 Å². The maximum Gasteiger partial charge on any atom is 0.0582 e. The summed E-state index contributed by atoms with van der Waals surface area (Å²) < 4.78 is 0. The second-order valence-electron chi connectivity index (χ2n) is 4.96. The monoisotopic (exact) mass is 205 g/mol. The summed E-state index contributed by atoms with van der Waals surface area (Å²) in [6.07, 6.45) is 1.17. The van der Waals surface area contributed by atoms with Crippen molar-refractivity contribution in [3.05, 3.63) is 35.4 Å². The van der Waals surface area contributed by atoms with E-state index in [1.54, 1.807) is 0 Å². The van der Waals surface area contributed by atoms with Gasteiger partial charge >= 0.3 is 0 Å². The SMILES string of the molecule is CC(C)c1ccccc1C1(N)CC(O)C1. The molecule has 15 heavy (non-hydrogen) atoms. The van der Waals surface area contributed by atoms with E-state index in [0.717, 1.165) is 0 Å². The van der Waals surface area contributed by atoms with Crippen LogP contribution in [-0.2, 0) is 5.54 Å². The van der Waals surface area contributed by atoms with Crippen LogP contribution in [0.15, 0.2) is 24.3 Å². The highest BCUT2D eigenvalue weighted by molar-refractivity contribution is 5.37. The largest absolute Gasteiger partial charge is 0.393 e. The molecule has 0 unspecified atom stereocenters. The summed E-state index contributed by atoms with van der Waals surface area (Å²) in [6.45, 7) is 4.36. The first-order valence-electron chi connectivity index (χ1n) is 5.59. The lowest BCUT2D eigenvalue weighted by Crippen LogP contribution is -2.52. The summed E-state index contributed by atoms with van der Waals surface area (Å²) in [7, 11) is 0. The lowest BCUT2D eigenvalue weighted by Gasteiger charge is -2.44. The number of rotatable bonds is 2. The highest BCUT2D eigenvalue weighted by Crippen LogP contribution is 2.41. The van der Waals surface area contributed by atoms with Gasteiger partial charge in [-0.15, -0.1) is 0 Å². The zero-order valence-corrected chi connectivity index (χ0v) is 9.40. The Kier molecular flexibility index (Phi) is 2.57. The van der Waals surface area contributed by atoms with Crippen molar-refractivity contribution in [1.82, 2.24) is 0 Å². The molecule has 0 spiro atoms. The number of nitrogens with two attached hydrogens (primary N) is 1. The lowest BCUT2D eigenvalue weighted by molar-refractivity contribution is 0.0204. The van der Waals surface area contributed by atoms with Crippen molar-refractivity contribution in [2.24, 2.45) is 5.73 Å². The molecule has 0 aliphatic heterocycles. The van der Waals surface area contributed by atoms with E-state index < -0.39 is 0 Å².